The highest BCUT2D eigenvalue weighted by atomic mass is 32.2. The maximum atomic E-state index is 13.5. The first-order valence-electron chi connectivity index (χ1n) is 10.8. The Morgan fingerprint density at radius 2 is 1.64 bits per heavy atom. The predicted octanol–water partition coefficient (Wildman–Crippen LogP) is 3.11. The summed E-state index contributed by atoms with van der Waals surface area (Å²) in [5.74, 6) is 0.110. The van der Waals surface area contributed by atoms with Crippen molar-refractivity contribution in [3.63, 3.8) is 0 Å². The molecule has 1 saturated heterocycles. The first kappa shape index (κ1) is 23.1. The standard InChI is InChI=1S/C23H27N3O6S/c1-15(27)17-12-21-22(32-14-31-21)13-19(17)24-23(28)18-11-16(33(29,30)25(2)3)7-8-20(18)26-9-5-4-6-10-26/h7-8,11-13H,4-6,9-10,14H2,1-3H3,(H,24,28). The Balaban J connectivity index is 1.76. The van der Waals surface area contributed by atoms with Crippen molar-refractivity contribution >= 4 is 33.1 Å². The largest absolute Gasteiger partial charge is 0.454 e. The number of amides is 1. The Labute approximate surface area is 193 Å². The third kappa shape index (κ3) is 4.53. The zero-order valence-electron chi connectivity index (χ0n) is 18.9. The van der Waals surface area contributed by atoms with Gasteiger partial charge in [-0.3, -0.25) is 9.59 Å². The molecule has 4 rings (SSSR count). The molecule has 33 heavy (non-hydrogen) atoms. The van der Waals surface area contributed by atoms with E-state index in [-0.39, 0.29) is 34.3 Å². The maximum Gasteiger partial charge on any atom is 0.257 e. The molecule has 0 aliphatic carbocycles. The van der Waals surface area contributed by atoms with E-state index < -0.39 is 15.9 Å². The minimum Gasteiger partial charge on any atom is -0.454 e. The van der Waals surface area contributed by atoms with Gasteiger partial charge < -0.3 is 19.7 Å². The van der Waals surface area contributed by atoms with E-state index >= 15 is 0 Å². The number of ether oxygens (including phenoxy) is 2. The third-order valence-corrected chi connectivity index (χ3v) is 7.64. The number of nitrogens with zero attached hydrogens (tertiary/aromatic N) is 2. The van der Waals surface area contributed by atoms with Gasteiger partial charge >= 0.3 is 0 Å². The number of anilines is 2. The van der Waals surface area contributed by atoms with Gasteiger partial charge in [0, 0.05) is 44.5 Å². The summed E-state index contributed by atoms with van der Waals surface area (Å²) in [5, 5.41) is 2.79. The van der Waals surface area contributed by atoms with Crippen LogP contribution in [-0.2, 0) is 10.0 Å². The van der Waals surface area contributed by atoms with Gasteiger partial charge in [-0.1, -0.05) is 0 Å². The van der Waals surface area contributed by atoms with Crippen LogP contribution in [0.5, 0.6) is 11.5 Å². The second-order valence-corrected chi connectivity index (χ2v) is 10.4. The van der Waals surface area contributed by atoms with Crippen molar-refractivity contribution in [2.24, 2.45) is 0 Å². The van der Waals surface area contributed by atoms with Gasteiger partial charge in [0.1, 0.15) is 0 Å². The van der Waals surface area contributed by atoms with Crippen LogP contribution in [0.2, 0.25) is 0 Å². The monoisotopic (exact) mass is 473 g/mol. The molecular weight excluding hydrogens is 446 g/mol. The molecule has 1 fully saturated rings. The van der Waals surface area contributed by atoms with Crippen molar-refractivity contribution < 1.29 is 27.5 Å². The average molecular weight is 474 g/mol. The summed E-state index contributed by atoms with van der Waals surface area (Å²) in [4.78, 5) is 27.8. The molecule has 2 aliphatic rings. The van der Waals surface area contributed by atoms with Crippen molar-refractivity contribution in [3.8, 4) is 11.5 Å². The molecule has 10 heteroatoms. The Hall–Kier alpha value is -3.11. The van der Waals surface area contributed by atoms with Gasteiger partial charge in [0.2, 0.25) is 16.8 Å². The predicted molar refractivity (Wildman–Crippen MR) is 124 cm³/mol. The van der Waals surface area contributed by atoms with Crippen LogP contribution in [0, 0.1) is 0 Å². The fourth-order valence-electron chi connectivity index (χ4n) is 4.01. The van der Waals surface area contributed by atoms with Crippen molar-refractivity contribution in [3.05, 3.63) is 41.5 Å². The lowest BCUT2D eigenvalue weighted by molar-refractivity contribution is 0.101. The highest BCUT2D eigenvalue weighted by Crippen LogP contribution is 2.38. The number of rotatable bonds is 6. The molecule has 0 unspecified atom stereocenters. The number of hydrogen-bond acceptors (Lipinski definition) is 7. The molecule has 2 aromatic rings. The van der Waals surface area contributed by atoms with Crippen LogP contribution in [0.1, 0.15) is 46.9 Å². The lowest BCUT2D eigenvalue weighted by Gasteiger charge is -2.30. The number of nitrogens with one attached hydrogen (secondary N) is 1. The molecule has 176 valence electrons. The van der Waals surface area contributed by atoms with Gasteiger partial charge in [0.15, 0.2) is 17.3 Å². The lowest BCUT2D eigenvalue weighted by atomic mass is 10.1. The van der Waals surface area contributed by atoms with E-state index in [1.54, 1.807) is 18.2 Å². The maximum absolute atomic E-state index is 13.5. The van der Waals surface area contributed by atoms with Crippen LogP contribution >= 0.6 is 0 Å². The number of Topliss-reactive ketones (excluding diaryl/α,β-unsaturated/α-hetero) is 1. The van der Waals surface area contributed by atoms with Crippen LogP contribution < -0.4 is 19.7 Å². The molecule has 1 amide bonds. The molecule has 0 bridgehead atoms. The molecule has 0 aromatic heterocycles. The summed E-state index contributed by atoms with van der Waals surface area (Å²) in [5.41, 5.74) is 1.45. The van der Waals surface area contributed by atoms with Crippen molar-refractivity contribution in [2.75, 3.05) is 44.2 Å². The van der Waals surface area contributed by atoms with Crippen molar-refractivity contribution in [1.82, 2.24) is 4.31 Å². The van der Waals surface area contributed by atoms with Crippen molar-refractivity contribution in [1.29, 1.82) is 0 Å². The smallest absolute Gasteiger partial charge is 0.257 e. The van der Waals surface area contributed by atoms with Crippen LogP contribution in [0.4, 0.5) is 11.4 Å². The fourth-order valence-corrected chi connectivity index (χ4v) is 4.93. The molecule has 0 spiro atoms. The number of hydrogen-bond donors (Lipinski definition) is 1. The number of ketones is 1. The van der Waals surface area contributed by atoms with Gasteiger partial charge in [-0.2, -0.15) is 0 Å². The number of fused-ring (bicyclic) bond motifs is 1. The second kappa shape index (κ2) is 9.03. The number of piperidine rings is 1. The molecular formula is C23H27N3O6S. The third-order valence-electron chi connectivity index (χ3n) is 5.83. The molecule has 0 atom stereocenters. The highest BCUT2D eigenvalue weighted by Gasteiger charge is 2.26. The van der Waals surface area contributed by atoms with Crippen LogP contribution in [0.25, 0.3) is 0 Å². The zero-order chi connectivity index (χ0) is 23.8. The summed E-state index contributed by atoms with van der Waals surface area (Å²) in [6.45, 7) is 3.00. The molecule has 9 nitrogen and oxygen atoms in total. The summed E-state index contributed by atoms with van der Waals surface area (Å²) >= 11 is 0. The van der Waals surface area contributed by atoms with Crippen LogP contribution in [0.15, 0.2) is 35.2 Å². The van der Waals surface area contributed by atoms with E-state index in [4.69, 9.17) is 9.47 Å². The van der Waals surface area contributed by atoms with E-state index in [0.29, 0.717) is 17.2 Å². The molecule has 2 aromatic carbocycles. The number of benzene rings is 2. The summed E-state index contributed by atoms with van der Waals surface area (Å²) < 4.78 is 37.3. The number of carbonyl (C=O) groups is 2. The lowest BCUT2D eigenvalue weighted by Crippen LogP contribution is -2.32. The van der Waals surface area contributed by atoms with Gasteiger partial charge in [-0.15, -0.1) is 0 Å². The van der Waals surface area contributed by atoms with E-state index in [0.717, 1.165) is 36.7 Å². The van der Waals surface area contributed by atoms with Crippen LogP contribution in [0.3, 0.4) is 0 Å². The van der Waals surface area contributed by atoms with Gasteiger partial charge in [0.25, 0.3) is 5.91 Å². The fraction of sp³-hybridized carbons (Fsp3) is 0.391. The minimum atomic E-state index is -3.74. The Kier molecular flexibility index (Phi) is 6.31. The Morgan fingerprint density at radius 1 is 0.970 bits per heavy atom. The van der Waals surface area contributed by atoms with Gasteiger partial charge in [0.05, 0.1) is 16.1 Å². The Morgan fingerprint density at radius 3 is 2.27 bits per heavy atom. The second-order valence-electron chi connectivity index (χ2n) is 8.28. The van der Waals surface area contributed by atoms with Gasteiger partial charge in [-0.25, -0.2) is 12.7 Å². The Bertz CT molecular complexity index is 1200. The normalized spacial score (nSPS) is 15.6. The quantitative estimate of drug-likeness (QED) is 0.643. The summed E-state index contributed by atoms with van der Waals surface area (Å²) in [6, 6.07) is 7.70. The van der Waals surface area contributed by atoms with E-state index in [1.165, 1.54) is 33.2 Å². The van der Waals surface area contributed by atoms with Crippen molar-refractivity contribution in [2.45, 2.75) is 31.1 Å². The molecule has 0 radical (unpaired) electrons. The molecule has 1 N–H and O–H groups in total. The average Bonchev–Trinajstić information content (AvgIpc) is 3.26. The summed E-state index contributed by atoms with van der Waals surface area (Å²) in [6.07, 6.45) is 3.11. The molecule has 2 aliphatic heterocycles. The first-order chi connectivity index (χ1) is 15.7. The zero-order valence-corrected chi connectivity index (χ0v) is 19.7. The first-order valence-corrected chi connectivity index (χ1v) is 12.2. The molecule has 2 heterocycles. The van der Waals surface area contributed by atoms with E-state index in [9.17, 15) is 18.0 Å². The molecule has 0 saturated carbocycles. The van der Waals surface area contributed by atoms with Crippen LogP contribution in [-0.4, -0.2) is 58.4 Å². The topological polar surface area (TPSA) is 105 Å². The SMILES string of the molecule is CC(=O)c1cc2c(cc1NC(=O)c1cc(S(=O)(=O)N(C)C)ccc1N1CCCCC1)OCO2. The van der Waals surface area contributed by atoms with E-state index in [1.807, 2.05) is 0 Å². The number of carbonyl (C=O) groups excluding carboxylic acids is 2. The van der Waals surface area contributed by atoms with E-state index in [2.05, 4.69) is 10.2 Å². The summed E-state index contributed by atoms with van der Waals surface area (Å²) in [7, 11) is -0.851. The highest BCUT2D eigenvalue weighted by molar-refractivity contribution is 7.89. The number of sulfonamides is 1. The minimum absolute atomic E-state index is 0.0240. The van der Waals surface area contributed by atoms with Gasteiger partial charge in [-0.05, 0) is 50.5 Å².